The molecule has 1 saturated heterocycles. The van der Waals surface area contributed by atoms with E-state index >= 15 is 0 Å². The van der Waals surface area contributed by atoms with Crippen molar-refractivity contribution in [3.05, 3.63) is 76.2 Å². The number of hydrogen-bond donors (Lipinski definition) is 1. The van der Waals surface area contributed by atoms with Crippen molar-refractivity contribution < 1.29 is 22.7 Å². The molecule has 1 fully saturated rings. The Morgan fingerprint density at radius 1 is 1.06 bits per heavy atom. The van der Waals surface area contributed by atoms with Crippen LogP contribution >= 0.6 is 12.2 Å². The highest BCUT2D eigenvalue weighted by Crippen LogP contribution is 2.37. The van der Waals surface area contributed by atoms with Crippen LogP contribution in [0.2, 0.25) is 0 Å². The quantitative estimate of drug-likeness (QED) is 0.701. The van der Waals surface area contributed by atoms with Crippen LogP contribution in [0.5, 0.6) is 0 Å². The van der Waals surface area contributed by atoms with Crippen molar-refractivity contribution in [2.75, 3.05) is 31.2 Å². The van der Waals surface area contributed by atoms with Gasteiger partial charge in [0.1, 0.15) is 17.5 Å². The van der Waals surface area contributed by atoms with Crippen molar-refractivity contribution in [1.82, 2.24) is 10.2 Å². The molecular formula is C23H22F3N3O2S. The highest BCUT2D eigenvalue weighted by atomic mass is 32.1. The summed E-state index contributed by atoms with van der Waals surface area (Å²) in [6, 6.07) is 6.99. The van der Waals surface area contributed by atoms with Gasteiger partial charge in [-0.2, -0.15) is 0 Å². The molecule has 1 unspecified atom stereocenters. The summed E-state index contributed by atoms with van der Waals surface area (Å²) in [4.78, 5) is 16.7. The predicted molar refractivity (Wildman–Crippen MR) is 119 cm³/mol. The lowest BCUT2D eigenvalue weighted by molar-refractivity contribution is -0.131. The van der Waals surface area contributed by atoms with Crippen molar-refractivity contribution in [3.8, 4) is 0 Å². The van der Waals surface area contributed by atoms with Crippen LogP contribution in [-0.4, -0.2) is 42.2 Å². The average molecular weight is 462 g/mol. The van der Waals surface area contributed by atoms with E-state index < -0.39 is 23.5 Å². The molecule has 4 rings (SSSR count). The summed E-state index contributed by atoms with van der Waals surface area (Å²) in [6.07, 6.45) is 0. The van der Waals surface area contributed by atoms with Gasteiger partial charge >= 0.3 is 0 Å². The van der Waals surface area contributed by atoms with Crippen molar-refractivity contribution >= 4 is 28.9 Å². The molecule has 1 N–H and O–H groups in total. The van der Waals surface area contributed by atoms with E-state index in [0.29, 0.717) is 43.3 Å². The zero-order valence-electron chi connectivity index (χ0n) is 17.6. The Morgan fingerprint density at radius 2 is 1.72 bits per heavy atom. The SMILES string of the molecule is CC1=C(C(=O)N2CCOCC2)C(c2c(F)cccc2F)NC(=S)N1c1ccc(C)c(F)c1. The highest BCUT2D eigenvalue weighted by Gasteiger charge is 2.39. The summed E-state index contributed by atoms with van der Waals surface area (Å²) >= 11 is 5.49. The number of rotatable bonds is 3. The molecule has 2 aliphatic rings. The first-order chi connectivity index (χ1) is 15.3. The molecule has 168 valence electrons. The molecule has 2 aromatic carbocycles. The number of halogens is 3. The highest BCUT2D eigenvalue weighted by molar-refractivity contribution is 7.80. The van der Waals surface area contributed by atoms with Crippen molar-refractivity contribution in [2.24, 2.45) is 0 Å². The predicted octanol–water partition coefficient (Wildman–Crippen LogP) is 3.98. The van der Waals surface area contributed by atoms with Crippen LogP contribution in [0.1, 0.15) is 24.1 Å². The first-order valence-electron chi connectivity index (χ1n) is 10.2. The Bertz CT molecular complexity index is 1100. The molecule has 0 aliphatic carbocycles. The fourth-order valence-electron chi connectivity index (χ4n) is 3.99. The Labute approximate surface area is 189 Å². The number of morpholine rings is 1. The number of thiocarbonyl (C=S) groups is 1. The summed E-state index contributed by atoms with van der Waals surface area (Å²) in [5.41, 5.74) is 1.09. The second-order valence-electron chi connectivity index (χ2n) is 7.69. The number of nitrogens with one attached hydrogen (secondary N) is 1. The van der Waals surface area contributed by atoms with Crippen molar-refractivity contribution in [2.45, 2.75) is 19.9 Å². The number of benzene rings is 2. The summed E-state index contributed by atoms with van der Waals surface area (Å²) < 4.78 is 49.1. The molecule has 0 aromatic heterocycles. The van der Waals surface area contributed by atoms with Gasteiger partial charge in [0.25, 0.3) is 5.91 Å². The number of ether oxygens (including phenoxy) is 1. The van der Waals surface area contributed by atoms with Crippen LogP contribution in [0, 0.1) is 24.4 Å². The molecule has 0 spiro atoms. The molecule has 0 saturated carbocycles. The van der Waals surface area contributed by atoms with Crippen molar-refractivity contribution in [1.29, 1.82) is 0 Å². The maximum atomic E-state index is 14.7. The topological polar surface area (TPSA) is 44.8 Å². The van der Waals surface area contributed by atoms with Crippen molar-refractivity contribution in [3.63, 3.8) is 0 Å². The minimum absolute atomic E-state index is 0.108. The maximum Gasteiger partial charge on any atom is 0.254 e. The van der Waals surface area contributed by atoms with E-state index in [1.54, 1.807) is 30.9 Å². The van der Waals surface area contributed by atoms with E-state index in [4.69, 9.17) is 17.0 Å². The maximum absolute atomic E-state index is 14.7. The van der Waals surface area contributed by atoms with Gasteiger partial charge in [-0.3, -0.25) is 9.69 Å². The third kappa shape index (κ3) is 3.98. The average Bonchev–Trinajstić information content (AvgIpc) is 2.76. The van der Waals surface area contributed by atoms with Crippen LogP contribution in [0.3, 0.4) is 0 Å². The van der Waals surface area contributed by atoms with Crippen LogP contribution in [0.4, 0.5) is 18.9 Å². The molecule has 1 amide bonds. The monoisotopic (exact) mass is 461 g/mol. The Morgan fingerprint density at radius 3 is 2.34 bits per heavy atom. The minimum Gasteiger partial charge on any atom is -0.378 e. The summed E-state index contributed by atoms with van der Waals surface area (Å²) in [7, 11) is 0. The van der Waals surface area contributed by atoms with E-state index in [2.05, 4.69) is 5.32 Å². The fraction of sp³-hybridized carbons (Fsp3) is 0.304. The number of nitrogens with zero attached hydrogens (tertiary/aromatic N) is 2. The summed E-state index contributed by atoms with van der Waals surface area (Å²) in [5, 5.41) is 3.02. The second-order valence-corrected chi connectivity index (χ2v) is 8.08. The van der Waals surface area contributed by atoms with Gasteiger partial charge in [-0.25, -0.2) is 13.2 Å². The number of anilines is 1. The normalized spacial score (nSPS) is 19.3. The van der Waals surface area contributed by atoms with E-state index in [0.717, 1.165) is 12.1 Å². The van der Waals surface area contributed by atoms with Crippen LogP contribution in [0.15, 0.2) is 47.7 Å². The van der Waals surface area contributed by atoms with Gasteiger partial charge in [0.05, 0.1) is 36.1 Å². The molecule has 1 atom stereocenters. The largest absolute Gasteiger partial charge is 0.378 e. The molecule has 0 bridgehead atoms. The smallest absolute Gasteiger partial charge is 0.254 e. The van der Waals surface area contributed by atoms with Crippen LogP contribution < -0.4 is 10.2 Å². The number of aryl methyl sites for hydroxylation is 1. The number of amides is 1. The van der Waals surface area contributed by atoms with Crippen LogP contribution in [0.25, 0.3) is 0 Å². The van der Waals surface area contributed by atoms with Gasteiger partial charge in [-0.05, 0) is 55.9 Å². The first-order valence-corrected chi connectivity index (χ1v) is 10.6. The molecule has 2 aromatic rings. The molecule has 0 radical (unpaired) electrons. The molecule has 2 aliphatic heterocycles. The fourth-order valence-corrected chi connectivity index (χ4v) is 4.35. The van der Waals surface area contributed by atoms with Gasteiger partial charge in [0.15, 0.2) is 5.11 Å². The molecule has 2 heterocycles. The lowest BCUT2D eigenvalue weighted by Crippen LogP contribution is -2.51. The summed E-state index contributed by atoms with van der Waals surface area (Å²) in [6.45, 7) is 4.73. The molecule has 9 heteroatoms. The lowest BCUT2D eigenvalue weighted by Gasteiger charge is -2.40. The Kier molecular flexibility index (Phi) is 6.21. The lowest BCUT2D eigenvalue weighted by atomic mass is 9.92. The van der Waals surface area contributed by atoms with Gasteiger partial charge in [0, 0.05) is 18.8 Å². The third-order valence-corrected chi connectivity index (χ3v) is 6.02. The van der Waals surface area contributed by atoms with E-state index in [9.17, 15) is 18.0 Å². The number of allylic oxidation sites excluding steroid dienone is 1. The van der Waals surface area contributed by atoms with Gasteiger partial charge < -0.3 is 15.0 Å². The Hall–Kier alpha value is -2.91. The van der Waals surface area contributed by atoms with E-state index in [1.165, 1.54) is 17.0 Å². The zero-order chi connectivity index (χ0) is 23.0. The van der Waals surface area contributed by atoms with Gasteiger partial charge in [0.2, 0.25) is 0 Å². The minimum atomic E-state index is -1.13. The second kappa shape index (κ2) is 8.91. The zero-order valence-corrected chi connectivity index (χ0v) is 18.4. The van der Waals surface area contributed by atoms with Gasteiger partial charge in [-0.1, -0.05) is 12.1 Å². The van der Waals surface area contributed by atoms with Crippen LogP contribution in [-0.2, 0) is 9.53 Å². The molecular weight excluding hydrogens is 439 g/mol. The Balaban J connectivity index is 1.88. The number of hydrogen-bond acceptors (Lipinski definition) is 3. The standard InChI is InChI=1S/C23H22F3N3O2S/c1-13-6-7-15(12-18(13)26)29-14(2)19(22(30)28-8-10-31-11-9-28)21(27-23(29)32)20-16(24)4-3-5-17(20)25/h3-7,12,21H,8-11H2,1-2H3,(H,27,32). The number of carbonyl (C=O) groups excluding carboxylic acids is 1. The van der Waals surface area contributed by atoms with Gasteiger partial charge in [-0.15, -0.1) is 0 Å². The number of carbonyl (C=O) groups is 1. The third-order valence-electron chi connectivity index (χ3n) is 5.72. The first kappa shape index (κ1) is 22.3. The molecule has 32 heavy (non-hydrogen) atoms. The summed E-state index contributed by atoms with van der Waals surface area (Å²) in [5.74, 6) is -2.40. The van der Waals surface area contributed by atoms with E-state index in [-0.39, 0.29) is 22.2 Å². The molecule has 5 nitrogen and oxygen atoms in total. The van der Waals surface area contributed by atoms with E-state index in [1.807, 2.05) is 0 Å².